The summed E-state index contributed by atoms with van der Waals surface area (Å²) < 4.78 is 0. The van der Waals surface area contributed by atoms with Crippen LogP contribution in [-0.4, -0.2) is 54.0 Å². The highest BCUT2D eigenvalue weighted by Gasteiger charge is 2.28. The van der Waals surface area contributed by atoms with E-state index in [4.69, 9.17) is 11.5 Å². The highest BCUT2D eigenvalue weighted by molar-refractivity contribution is 5.98. The van der Waals surface area contributed by atoms with Crippen LogP contribution in [0.25, 0.3) is 0 Å². The molecule has 1 aromatic carbocycles. The average molecular weight is 493 g/mol. The summed E-state index contributed by atoms with van der Waals surface area (Å²) in [4.78, 5) is 49.3. The lowest BCUT2D eigenvalue weighted by atomic mass is 10.0. The number of primary amides is 1. The van der Waals surface area contributed by atoms with Gasteiger partial charge in [-0.15, -0.1) is 0 Å². The van der Waals surface area contributed by atoms with E-state index in [9.17, 15) is 24.3 Å². The van der Waals surface area contributed by atoms with E-state index in [0.29, 0.717) is 37.1 Å². The van der Waals surface area contributed by atoms with Gasteiger partial charge in [0.05, 0.1) is 6.61 Å². The second-order valence-electron chi connectivity index (χ2n) is 8.73. The Morgan fingerprint density at radius 3 is 2.20 bits per heavy atom. The molecule has 0 aromatic heterocycles. The number of hydrogen-bond donors (Lipinski definition) is 7. The first-order chi connectivity index (χ1) is 16.7. The number of nitrogens with one attached hydrogen (secondary N) is 4. The van der Waals surface area contributed by atoms with Crippen LogP contribution in [0.2, 0.25) is 0 Å². The molecule has 11 heteroatoms. The van der Waals surface area contributed by atoms with Crippen LogP contribution in [-0.2, 0) is 21.0 Å². The Kier molecular flexibility index (Phi) is 14.0. The second-order valence-corrected chi connectivity index (χ2v) is 8.73. The van der Waals surface area contributed by atoms with E-state index in [0.717, 1.165) is 12.8 Å². The number of carbonyl (C=O) groups excluding carboxylic acids is 4. The first kappa shape index (κ1) is 29.9. The van der Waals surface area contributed by atoms with E-state index in [1.54, 1.807) is 24.3 Å². The third-order valence-corrected chi connectivity index (χ3v) is 5.38. The minimum atomic E-state index is -0.905. The number of benzene rings is 1. The molecule has 0 aliphatic rings. The highest BCUT2D eigenvalue weighted by Crippen LogP contribution is 2.12. The summed E-state index contributed by atoms with van der Waals surface area (Å²) >= 11 is 0. The van der Waals surface area contributed by atoms with Crippen molar-refractivity contribution < 1.29 is 24.3 Å². The summed E-state index contributed by atoms with van der Waals surface area (Å²) in [5, 5.41) is 19.9. The maximum atomic E-state index is 13.0. The predicted octanol–water partition coefficient (Wildman–Crippen LogP) is 0.711. The van der Waals surface area contributed by atoms with E-state index in [2.05, 4.69) is 21.3 Å². The van der Waals surface area contributed by atoms with Gasteiger partial charge in [0, 0.05) is 18.7 Å². The van der Waals surface area contributed by atoms with Crippen LogP contribution < -0.4 is 32.7 Å². The molecule has 196 valence electrons. The first-order valence-corrected chi connectivity index (χ1v) is 12.0. The van der Waals surface area contributed by atoms with Gasteiger partial charge < -0.3 is 37.8 Å². The molecule has 0 fully saturated rings. The number of aliphatic hydroxyl groups is 1. The monoisotopic (exact) mass is 492 g/mol. The number of carbonyl (C=O) groups is 4. The van der Waals surface area contributed by atoms with Crippen LogP contribution in [0, 0.1) is 5.92 Å². The van der Waals surface area contributed by atoms with Gasteiger partial charge in [-0.25, -0.2) is 4.79 Å². The lowest BCUT2D eigenvalue weighted by Crippen LogP contribution is -2.54. The van der Waals surface area contributed by atoms with E-state index in [1.807, 2.05) is 13.8 Å². The van der Waals surface area contributed by atoms with Gasteiger partial charge in [-0.1, -0.05) is 32.4 Å². The SMILES string of the molecule is CC(C)C(NC(=O)CCCCCN)C(=O)N[C@@H](CCCNC(N)=O)C(=O)Nc1ccc(CO)cc1. The minimum absolute atomic E-state index is 0.116. The second kappa shape index (κ2) is 16.4. The molecule has 35 heavy (non-hydrogen) atoms. The van der Waals surface area contributed by atoms with Crippen molar-refractivity contribution in [2.45, 2.75) is 71.1 Å². The number of rotatable bonds is 16. The largest absolute Gasteiger partial charge is 0.392 e. The fourth-order valence-corrected chi connectivity index (χ4v) is 3.36. The standard InChI is InChI=1S/C24H40N6O5/c1-16(2)21(30-20(32)8-4-3-5-13-25)23(34)29-19(7-6-14-27-24(26)35)22(33)28-18-11-9-17(15-31)10-12-18/h9-12,16,19,21,31H,3-8,13-15,25H2,1-2H3,(H,28,33)(H,29,34)(H,30,32)(H3,26,27,35)/t19-,21?/m0/s1. The molecule has 2 atom stereocenters. The number of unbranched alkanes of at least 4 members (excludes halogenated alkanes) is 2. The molecular weight excluding hydrogens is 452 g/mol. The van der Waals surface area contributed by atoms with Crippen molar-refractivity contribution in [3.05, 3.63) is 29.8 Å². The summed E-state index contributed by atoms with van der Waals surface area (Å²) in [7, 11) is 0. The Labute approximate surface area is 206 Å². The number of hydrogen-bond acceptors (Lipinski definition) is 6. The van der Waals surface area contributed by atoms with Crippen LogP contribution in [0.15, 0.2) is 24.3 Å². The van der Waals surface area contributed by atoms with E-state index < -0.39 is 29.9 Å². The zero-order valence-corrected chi connectivity index (χ0v) is 20.6. The summed E-state index contributed by atoms with van der Waals surface area (Å²) in [6.45, 7) is 4.33. The fraction of sp³-hybridized carbons (Fsp3) is 0.583. The topological polar surface area (TPSA) is 189 Å². The molecule has 1 rings (SSSR count). The quantitative estimate of drug-likeness (QED) is 0.166. The number of urea groups is 1. The van der Waals surface area contributed by atoms with Crippen molar-refractivity contribution in [2.75, 3.05) is 18.4 Å². The van der Waals surface area contributed by atoms with Crippen molar-refractivity contribution >= 4 is 29.4 Å². The van der Waals surface area contributed by atoms with Crippen molar-refractivity contribution in [1.82, 2.24) is 16.0 Å². The summed E-state index contributed by atoms with van der Waals surface area (Å²) in [5.41, 5.74) is 11.8. The number of aliphatic hydroxyl groups excluding tert-OH is 1. The van der Waals surface area contributed by atoms with Crippen molar-refractivity contribution in [3.8, 4) is 0 Å². The first-order valence-electron chi connectivity index (χ1n) is 12.0. The molecule has 0 saturated heterocycles. The Balaban J connectivity index is 2.84. The third kappa shape index (κ3) is 12.2. The summed E-state index contributed by atoms with van der Waals surface area (Å²) in [6.07, 6.45) is 3.29. The van der Waals surface area contributed by atoms with Gasteiger partial charge >= 0.3 is 6.03 Å². The number of anilines is 1. The molecule has 0 aliphatic carbocycles. The van der Waals surface area contributed by atoms with Crippen molar-refractivity contribution in [1.29, 1.82) is 0 Å². The van der Waals surface area contributed by atoms with Gasteiger partial charge in [-0.05, 0) is 55.8 Å². The zero-order chi connectivity index (χ0) is 26.2. The number of nitrogens with two attached hydrogens (primary N) is 2. The van der Waals surface area contributed by atoms with Crippen LogP contribution in [0.3, 0.4) is 0 Å². The van der Waals surface area contributed by atoms with Gasteiger partial charge in [0.1, 0.15) is 12.1 Å². The summed E-state index contributed by atoms with van der Waals surface area (Å²) in [5.74, 6) is -1.33. The Bertz CT molecular complexity index is 815. The Morgan fingerprint density at radius 2 is 1.63 bits per heavy atom. The van der Waals surface area contributed by atoms with Crippen LogP contribution >= 0.6 is 0 Å². The molecule has 0 aliphatic heterocycles. The predicted molar refractivity (Wildman–Crippen MR) is 134 cm³/mol. The molecule has 0 bridgehead atoms. The average Bonchev–Trinajstić information content (AvgIpc) is 2.82. The van der Waals surface area contributed by atoms with E-state index in [1.165, 1.54) is 0 Å². The molecule has 5 amide bonds. The smallest absolute Gasteiger partial charge is 0.312 e. The molecule has 0 spiro atoms. The van der Waals surface area contributed by atoms with Crippen molar-refractivity contribution in [3.63, 3.8) is 0 Å². The normalized spacial score (nSPS) is 12.5. The van der Waals surface area contributed by atoms with Gasteiger partial charge in [0.25, 0.3) is 0 Å². The molecular formula is C24H40N6O5. The van der Waals surface area contributed by atoms with Gasteiger partial charge in [0.2, 0.25) is 17.7 Å². The van der Waals surface area contributed by atoms with Gasteiger partial charge in [-0.2, -0.15) is 0 Å². The minimum Gasteiger partial charge on any atom is -0.392 e. The number of amides is 5. The van der Waals surface area contributed by atoms with Crippen LogP contribution in [0.1, 0.15) is 57.9 Å². The zero-order valence-electron chi connectivity index (χ0n) is 20.6. The maximum absolute atomic E-state index is 13.0. The lowest BCUT2D eigenvalue weighted by Gasteiger charge is -2.25. The molecule has 9 N–H and O–H groups in total. The van der Waals surface area contributed by atoms with Gasteiger partial charge in [0.15, 0.2) is 0 Å². The molecule has 0 radical (unpaired) electrons. The summed E-state index contributed by atoms with van der Waals surface area (Å²) in [6, 6.07) is 4.28. The Morgan fingerprint density at radius 1 is 0.943 bits per heavy atom. The van der Waals surface area contributed by atoms with Crippen LogP contribution in [0.5, 0.6) is 0 Å². The molecule has 1 unspecified atom stereocenters. The van der Waals surface area contributed by atoms with Crippen LogP contribution in [0.4, 0.5) is 10.5 Å². The molecule has 11 nitrogen and oxygen atoms in total. The van der Waals surface area contributed by atoms with E-state index >= 15 is 0 Å². The fourth-order valence-electron chi connectivity index (χ4n) is 3.36. The molecule has 0 heterocycles. The highest BCUT2D eigenvalue weighted by atomic mass is 16.3. The van der Waals surface area contributed by atoms with Crippen molar-refractivity contribution in [2.24, 2.45) is 17.4 Å². The maximum Gasteiger partial charge on any atom is 0.312 e. The van der Waals surface area contributed by atoms with Gasteiger partial charge in [-0.3, -0.25) is 14.4 Å². The van der Waals surface area contributed by atoms with E-state index in [-0.39, 0.29) is 31.4 Å². The molecule has 1 aromatic rings. The third-order valence-electron chi connectivity index (χ3n) is 5.38. The molecule has 0 saturated carbocycles. The lowest BCUT2D eigenvalue weighted by molar-refractivity contribution is -0.132. The Hall–Kier alpha value is -3.18.